The van der Waals surface area contributed by atoms with Crippen LogP contribution >= 0.6 is 0 Å². The molecule has 3 heteroatoms. The minimum absolute atomic E-state index is 0.284. The second-order valence-electron chi connectivity index (χ2n) is 4.60. The zero-order chi connectivity index (χ0) is 12.1. The van der Waals surface area contributed by atoms with E-state index in [4.69, 9.17) is 9.84 Å². The van der Waals surface area contributed by atoms with Crippen LogP contribution in [0.15, 0.2) is 18.2 Å². The third kappa shape index (κ3) is 3.13. The fourth-order valence-corrected chi connectivity index (χ4v) is 2.17. The molecule has 0 fully saturated rings. The van der Waals surface area contributed by atoms with Gasteiger partial charge in [0.05, 0.1) is 6.61 Å². The van der Waals surface area contributed by atoms with Crippen LogP contribution in [-0.2, 0) is 6.42 Å². The highest BCUT2D eigenvalue weighted by molar-refractivity contribution is 5.53. The van der Waals surface area contributed by atoms with E-state index in [-0.39, 0.29) is 6.61 Å². The average molecular weight is 235 g/mol. The number of nitrogens with zero attached hydrogens (tertiary/aromatic N) is 1. The molecule has 0 spiro atoms. The summed E-state index contributed by atoms with van der Waals surface area (Å²) in [7, 11) is 2.10. The summed E-state index contributed by atoms with van der Waals surface area (Å²) in [4.78, 5) is 2.24. The van der Waals surface area contributed by atoms with Crippen LogP contribution in [0, 0.1) is 0 Å². The molecule has 2 rings (SSSR count). The van der Waals surface area contributed by atoms with Crippen molar-refractivity contribution >= 4 is 5.69 Å². The van der Waals surface area contributed by atoms with Crippen LogP contribution in [0.4, 0.5) is 5.69 Å². The normalized spacial score (nSPS) is 14.0. The molecule has 1 heterocycles. The van der Waals surface area contributed by atoms with Crippen LogP contribution in [0.25, 0.3) is 0 Å². The zero-order valence-electron chi connectivity index (χ0n) is 10.5. The standard InChI is InChI=1S/C14H21NO2/c1-15(8-2-3-9-16)13-6-7-14-12(11-13)5-4-10-17-14/h6-7,11,16H,2-5,8-10H2,1H3. The van der Waals surface area contributed by atoms with Crippen molar-refractivity contribution in [1.29, 1.82) is 0 Å². The van der Waals surface area contributed by atoms with Gasteiger partial charge in [-0.25, -0.2) is 0 Å². The third-order valence-corrected chi connectivity index (χ3v) is 3.23. The quantitative estimate of drug-likeness (QED) is 0.794. The molecule has 0 radical (unpaired) electrons. The van der Waals surface area contributed by atoms with Gasteiger partial charge in [-0.05, 0) is 49.4 Å². The van der Waals surface area contributed by atoms with E-state index in [0.29, 0.717) is 0 Å². The molecule has 0 bridgehead atoms. The lowest BCUT2D eigenvalue weighted by atomic mass is 10.1. The smallest absolute Gasteiger partial charge is 0.122 e. The van der Waals surface area contributed by atoms with E-state index in [2.05, 4.69) is 30.1 Å². The maximum absolute atomic E-state index is 8.77. The van der Waals surface area contributed by atoms with Crippen molar-refractivity contribution in [2.24, 2.45) is 0 Å². The molecule has 0 saturated carbocycles. The minimum Gasteiger partial charge on any atom is -0.493 e. The van der Waals surface area contributed by atoms with Gasteiger partial charge in [0, 0.05) is 25.9 Å². The molecular formula is C14H21NO2. The van der Waals surface area contributed by atoms with E-state index in [1.807, 2.05) is 0 Å². The summed E-state index contributed by atoms with van der Waals surface area (Å²) >= 11 is 0. The molecule has 94 valence electrons. The summed E-state index contributed by atoms with van der Waals surface area (Å²) in [5.41, 5.74) is 2.56. The molecular weight excluding hydrogens is 214 g/mol. The number of rotatable bonds is 5. The van der Waals surface area contributed by atoms with E-state index in [9.17, 15) is 0 Å². The first-order valence-electron chi connectivity index (χ1n) is 6.39. The van der Waals surface area contributed by atoms with Crippen molar-refractivity contribution in [3.63, 3.8) is 0 Å². The first-order valence-corrected chi connectivity index (χ1v) is 6.39. The molecule has 1 N–H and O–H groups in total. The molecule has 3 nitrogen and oxygen atoms in total. The van der Waals surface area contributed by atoms with Crippen LogP contribution in [0.2, 0.25) is 0 Å². The molecule has 1 aromatic rings. The van der Waals surface area contributed by atoms with Gasteiger partial charge in [-0.3, -0.25) is 0 Å². The highest BCUT2D eigenvalue weighted by atomic mass is 16.5. The average Bonchev–Trinajstić information content (AvgIpc) is 2.38. The molecule has 0 aliphatic carbocycles. The van der Waals surface area contributed by atoms with Crippen LogP contribution in [0.1, 0.15) is 24.8 Å². The molecule has 1 aliphatic rings. The summed E-state index contributed by atoms with van der Waals surface area (Å²) in [6.45, 7) is 2.12. The van der Waals surface area contributed by atoms with Gasteiger partial charge in [-0.15, -0.1) is 0 Å². The van der Waals surface area contributed by atoms with E-state index in [1.165, 1.54) is 11.3 Å². The van der Waals surface area contributed by atoms with Crippen LogP contribution in [0.3, 0.4) is 0 Å². The number of fused-ring (bicyclic) bond motifs is 1. The van der Waals surface area contributed by atoms with Crippen LogP contribution in [0.5, 0.6) is 5.75 Å². The number of aliphatic hydroxyl groups is 1. The van der Waals surface area contributed by atoms with Crippen molar-refractivity contribution in [3.8, 4) is 5.75 Å². The van der Waals surface area contributed by atoms with E-state index < -0.39 is 0 Å². The van der Waals surface area contributed by atoms with Crippen LogP contribution < -0.4 is 9.64 Å². The summed E-state index contributed by atoms with van der Waals surface area (Å²) < 4.78 is 5.61. The van der Waals surface area contributed by atoms with Gasteiger partial charge in [-0.1, -0.05) is 0 Å². The number of ether oxygens (including phenoxy) is 1. The van der Waals surface area contributed by atoms with Crippen molar-refractivity contribution in [1.82, 2.24) is 0 Å². The van der Waals surface area contributed by atoms with Gasteiger partial charge >= 0.3 is 0 Å². The Labute approximate surface area is 103 Å². The molecule has 0 aromatic heterocycles. The molecule has 0 saturated heterocycles. The molecule has 0 amide bonds. The molecule has 0 unspecified atom stereocenters. The summed E-state index contributed by atoms with van der Waals surface area (Å²) in [5, 5.41) is 8.77. The monoisotopic (exact) mass is 235 g/mol. The molecule has 0 atom stereocenters. The first-order chi connectivity index (χ1) is 8.31. The van der Waals surface area contributed by atoms with Gasteiger partial charge in [-0.2, -0.15) is 0 Å². The number of aryl methyl sites for hydroxylation is 1. The maximum Gasteiger partial charge on any atom is 0.122 e. The number of anilines is 1. The molecule has 17 heavy (non-hydrogen) atoms. The summed E-state index contributed by atoms with van der Waals surface area (Å²) in [5.74, 6) is 1.05. The second kappa shape index (κ2) is 5.92. The Morgan fingerprint density at radius 2 is 2.24 bits per heavy atom. The van der Waals surface area contributed by atoms with Crippen molar-refractivity contribution in [2.45, 2.75) is 25.7 Å². The lowest BCUT2D eigenvalue weighted by Crippen LogP contribution is -2.19. The fourth-order valence-electron chi connectivity index (χ4n) is 2.17. The van der Waals surface area contributed by atoms with Gasteiger partial charge in [0.25, 0.3) is 0 Å². The second-order valence-corrected chi connectivity index (χ2v) is 4.60. The van der Waals surface area contributed by atoms with Crippen molar-refractivity contribution < 1.29 is 9.84 Å². The van der Waals surface area contributed by atoms with Crippen molar-refractivity contribution in [2.75, 3.05) is 31.7 Å². The lowest BCUT2D eigenvalue weighted by molar-refractivity contribution is 0.285. The number of benzene rings is 1. The van der Waals surface area contributed by atoms with Crippen molar-refractivity contribution in [3.05, 3.63) is 23.8 Å². The Balaban J connectivity index is 2.00. The van der Waals surface area contributed by atoms with Gasteiger partial charge in [0.15, 0.2) is 0 Å². The number of hydrogen-bond acceptors (Lipinski definition) is 3. The Morgan fingerprint density at radius 1 is 1.35 bits per heavy atom. The van der Waals surface area contributed by atoms with Gasteiger partial charge < -0.3 is 14.7 Å². The Kier molecular flexibility index (Phi) is 4.26. The van der Waals surface area contributed by atoms with Gasteiger partial charge in [0.2, 0.25) is 0 Å². The summed E-state index contributed by atoms with van der Waals surface area (Å²) in [6, 6.07) is 6.42. The number of aliphatic hydroxyl groups excluding tert-OH is 1. The maximum atomic E-state index is 8.77. The predicted octanol–water partition coefficient (Wildman–Crippen LogP) is 2.22. The molecule has 1 aliphatic heterocycles. The van der Waals surface area contributed by atoms with E-state index in [0.717, 1.165) is 44.6 Å². The number of hydrogen-bond donors (Lipinski definition) is 1. The SMILES string of the molecule is CN(CCCCO)c1ccc2c(c1)CCCO2. The predicted molar refractivity (Wildman–Crippen MR) is 69.8 cm³/mol. The highest BCUT2D eigenvalue weighted by Gasteiger charge is 2.11. The Hall–Kier alpha value is -1.22. The number of unbranched alkanes of at least 4 members (excludes halogenated alkanes) is 1. The Morgan fingerprint density at radius 3 is 3.06 bits per heavy atom. The topological polar surface area (TPSA) is 32.7 Å². The van der Waals surface area contributed by atoms with Crippen LogP contribution in [-0.4, -0.2) is 31.9 Å². The lowest BCUT2D eigenvalue weighted by Gasteiger charge is -2.23. The van der Waals surface area contributed by atoms with E-state index >= 15 is 0 Å². The highest BCUT2D eigenvalue weighted by Crippen LogP contribution is 2.28. The minimum atomic E-state index is 0.284. The molecule has 1 aromatic carbocycles. The van der Waals surface area contributed by atoms with Gasteiger partial charge in [0.1, 0.15) is 5.75 Å². The third-order valence-electron chi connectivity index (χ3n) is 3.23. The first kappa shape index (κ1) is 12.2. The Bertz CT molecular complexity index is 365. The van der Waals surface area contributed by atoms with E-state index in [1.54, 1.807) is 0 Å². The summed E-state index contributed by atoms with van der Waals surface area (Å²) in [6.07, 6.45) is 4.14. The largest absolute Gasteiger partial charge is 0.493 e. The fraction of sp³-hybridized carbons (Fsp3) is 0.571. The zero-order valence-corrected chi connectivity index (χ0v) is 10.5.